The predicted molar refractivity (Wildman–Crippen MR) is 195 cm³/mol. The molecule has 6 rings (SSSR count). The maximum atomic E-state index is 13.2. The molecule has 3 N–H and O–H groups in total. The van der Waals surface area contributed by atoms with Crippen LogP contribution in [0.1, 0.15) is 12.0 Å². The second-order valence-corrected chi connectivity index (χ2v) is 21.2. The molecule has 2 aliphatic rings. The average Bonchev–Trinajstić information content (AvgIpc) is 3.68. The zero-order chi connectivity index (χ0) is 34.6. The zero-order valence-electron chi connectivity index (χ0n) is 28.3. The van der Waals surface area contributed by atoms with Crippen LogP contribution in [-0.2, 0) is 32.0 Å². The van der Waals surface area contributed by atoms with E-state index in [-0.39, 0.29) is 11.8 Å². The topological polar surface area (TPSA) is 151 Å². The van der Waals surface area contributed by atoms with Crippen molar-refractivity contribution in [3.63, 3.8) is 0 Å². The monoisotopic (exact) mass is 707 g/mol. The number of fused-ring (bicyclic) bond motifs is 1. The maximum Gasteiger partial charge on any atom is 0.404 e. The fourth-order valence-electron chi connectivity index (χ4n) is 6.22. The third-order valence-corrected chi connectivity index (χ3v) is 11.8. The van der Waals surface area contributed by atoms with Crippen LogP contribution in [-0.4, -0.2) is 94.3 Å². The van der Waals surface area contributed by atoms with E-state index in [1.165, 1.54) is 0 Å². The van der Waals surface area contributed by atoms with E-state index in [1.54, 1.807) is 30.6 Å². The molecule has 0 spiro atoms. The van der Waals surface area contributed by atoms with E-state index in [0.29, 0.717) is 44.3 Å². The lowest BCUT2D eigenvalue weighted by Crippen LogP contribution is -2.36. The van der Waals surface area contributed by atoms with Gasteiger partial charge in [0.1, 0.15) is 24.5 Å². The normalized spacial score (nSPS) is 17.1. The van der Waals surface area contributed by atoms with Gasteiger partial charge in [-0.1, -0.05) is 43.9 Å². The largest absolute Gasteiger partial charge is 0.465 e. The van der Waals surface area contributed by atoms with Crippen LogP contribution in [0.3, 0.4) is 0 Å². The summed E-state index contributed by atoms with van der Waals surface area (Å²) >= 11 is 0. The molecule has 1 amide bonds. The van der Waals surface area contributed by atoms with Crippen LogP contribution >= 0.6 is 0 Å². The van der Waals surface area contributed by atoms with Gasteiger partial charge in [0.25, 0.3) is 0 Å². The quantitative estimate of drug-likeness (QED) is 0.127. The Balaban J connectivity index is 1.16. The molecule has 0 radical (unpaired) electrons. The second kappa shape index (κ2) is 14.7. The molecule has 262 valence electrons. The molecule has 13 nitrogen and oxygen atoms in total. The first-order chi connectivity index (χ1) is 23.4. The Labute approximate surface area is 288 Å². The number of aromatic nitrogens is 3. The molecule has 15 heteroatoms. The SMILES string of the molecule is C[Si](C)(C)CCOCn1c(-c2ccc(NS(=O)(=O)Cc3ccc(N4CC[C@@H](NC(=O)O)C4)cc3)cc2)cc2c(N3CCOCC3)ncnc21. The minimum Gasteiger partial charge on any atom is -0.465 e. The minimum absolute atomic E-state index is 0.120. The maximum absolute atomic E-state index is 13.2. The molecule has 0 bridgehead atoms. The Kier molecular flexibility index (Phi) is 10.4. The van der Waals surface area contributed by atoms with Crippen molar-refractivity contribution >= 4 is 52.4 Å². The number of carboxylic acid groups (broad SMARTS) is 1. The van der Waals surface area contributed by atoms with Gasteiger partial charge < -0.3 is 34.3 Å². The number of morpholine rings is 1. The summed E-state index contributed by atoms with van der Waals surface area (Å²) in [4.78, 5) is 24.6. The van der Waals surface area contributed by atoms with E-state index in [2.05, 4.69) is 60.1 Å². The van der Waals surface area contributed by atoms with Crippen LogP contribution in [0.25, 0.3) is 22.3 Å². The highest BCUT2D eigenvalue weighted by Crippen LogP contribution is 2.33. The Hall–Kier alpha value is -4.18. The number of carbonyl (C=O) groups is 1. The Morgan fingerprint density at radius 2 is 1.76 bits per heavy atom. The molecule has 2 aromatic heterocycles. The molecule has 0 unspecified atom stereocenters. The standard InChI is InChI=1S/C34H45N7O6SSi/c1-49(2,3)19-18-47-24-41-31(20-30-32(35-23-36-33(30)41)39-14-16-46-17-15-39)26-6-8-27(9-7-26)38-48(44,45)22-25-4-10-29(11-5-25)40-13-12-28(21-40)37-34(42)43/h4-11,20,23,28,37-38H,12-19,21-22,24H2,1-3H3,(H,42,43)/t28-/m1/s1. The number of nitrogens with zero attached hydrogens (tertiary/aromatic N) is 5. The van der Waals surface area contributed by atoms with Crippen molar-refractivity contribution in [1.29, 1.82) is 0 Å². The highest BCUT2D eigenvalue weighted by Gasteiger charge is 2.25. The summed E-state index contributed by atoms with van der Waals surface area (Å²) in [5, 5.41) is 12.5. The first-order valence-corrected chi connectivity index (χ1v) is 22.0. The molecule has 4 heterocycles. The lowest BCUT2D eigenvalue weighted by molar-refractivity contribution is 0.0909. The molecule has 49 heavy (non-hydrogen) atoms. The summed E-state index contributed by atoms with van der Waals surface area (Å²) in [5.74, 6) is 0.692. The van der Waals surface area contributed by atoms with Crippen LogP contribution in [0, 0.1) is 0 Å². The van der Waals surface area contributed by atoms with Gasteiger partial charge in [-0.05, 0) is 53.9 Å². The van der Waals surface area contributed by atoms with Crippen molar-refractivity contribution in [2.24, 2.45) is 0 Å². The van der Waals surface area contributed by atoms with Crippen molar-refractivity contribution in [2.45, 2.75) is 50.6 Å². The number of rotatable bonds is 13. The van der Waals surface area contributed by atoms with Crippen molar-refractivity contribution in [2.75, 3.05) is 60.5 Å². The van der Waals surface area contributed by atoms with Gasteiger partial charge in [-0.15, -0.1) is 0 Å². The molecule has 0 saturated carbocycles. The van der Waals surface area contributed by atoms with Crippen LogP contribution in [0.15, 0.2) is 60.9 Å². The fourth-order valence-corrected chi connectivity index (χ4v) is 8.17. The molecule has 2 fully saturated rings. The summed E-state index contributed by atoms with van der Waals surface area (Å²) in [6, 6.07) is 17.7. The smallest absolute Gasteiger partial charge is 0.404 e. The third kappa shape index (κ3) is 8.89. The first kappa shape index (κ1) is 34.7. The van der Waals surface area contributed by atoms with Crippen molar-refractivity contribution in [3.05, 3.63) is 66.5 Å². The highest BCUT2D eigenvalue weighted by molar-refractivity contribution is 7.91. The van der Waals surface area contributed by atoms with E-state index in [4.69, 9.17) is 14.6 Å². The van der Waals surface area contributed by atoms with E-state index < -0.39 is 24.2 Å². The lowest BCUT2D eigenvalue weighted by Gasteiger charge is -2.28. The summed E-state index contributed by atoms with van der Waals surface area (Å²) < 4.78 is 42.9. The predicted octanol–water partition coefficient (Wildman–Crippen LogP) is 5.04. The van der Waals surface area contributed by atoms with Gasteiger partial charge in [-0.2, -0.15) is 0 Å². The fraction of sp³-hybridized carbons (Fsp3) is 0.441. The van der Waals surface area contributed by atoms with Gasteiger partial charge in [0.15, 0.2) is 0 Å². The number of nitrogens with one attached hydrogen (secondary N) is 2. The van der Waals surface area contributed by atoms with Gasteiger partial charge in [0.2, 0.25) is 10.0 Å². The van der Waals surface area contributed by atoms with Crippen LogP contribution in [0.4, 0.5) is 22.0 Å². The second-order valence-electron chi connectivity index (χ2n) is 13.8. The number of anilines is 3. The minimum atomic E-state index is -3.69. The number of ether oxygens (including phenoxy) is 2. The average molecular weight is 708 g/mol. The van der Waals surface area contributed by atoms with Crippen LogP contribution in [0.2, 0.25) is 25.7 Å². The van der Waals surface area contributed by atoms with E-state index >= 15 is 0 Å². The van der Waals surface area contributed by atoms with Crippen molar-refractivity contribution in [1.82, 2.24) is 19.9 Å². The van der Waals surface area contributed by atoms with Gasteiger partial charge in [-0.25, -0.2) is 23.2 Å². The van der Waals surface area contributed by atoms with E-state index in [1.807, 2.05) is 24.3 Å². The number of sulfonamides is 1. The molecule has 2 aromatic carbocycles. The molecular formula is C34H45N7O6SSi. The molecule has 0 aliphatic carbocycles. The number of amides is 1. The Bertz CT molecular complexity index is 1860. The summed E-state index contributed by atoms with van der Waals surface area (Å²) in [7, 11) is -4.95. The van der Waals surface area contributed by atoms with E-state index in [9.17, 15) is 13.2 Å². The molecule has 2 aliphatic heterocycles. The van der Waals surface area contributed by atoms with Gasteiger partial charge in [-0.3, -0.25) is 4.72 Å². The summed E-state index contributed by atoms with van der Waals surface area (Å²) in [6.45, 7) is 12.1. The number of hydrogen-bond acceptors (Lipinski definition) is 9. The third-order valence-electron chi connectivity index (χ3n) is 8.82. The lowest BCUT2D eigenvalue weighted by atomic mass is 10.1. The van der Waals surface area contributed by atoms with Gasteiger partial charge >= 0.3 is 6.09 Å². The molecule has 2 saturated heterocycles. The van der Waals surface area contributed by atoms with Gasteiger partial charge in [0, 0.05) is 52.2 Å². The molecular weight excluding hydrogens is 663 g/mol. The summed E-state index contributed by atoms with van der Waals surface area (Å²) in [6.07, 6.45) is 1.30. The first-order valence-electron chi connectivity index (χ1n) is 16.6. The zero-order valence-corrected chi connectivity index (χ0v) is 30.1. The number of benzene rings is 2. The molecule has 4 aromatic rings. The van der Waals surface area contributed by atoms with Crippen LogP contribution < -0.4 is 19.8 Å². The highest BCUT2D eigenvalue weighted by atomic mass is 32.2. The molecule has 1 atom stereocenters. The van der Waals surface area contributed by atoms with Crippen LogP contribution in [0.5, 0.6) is 0 Å². The Morgan fingerprint density at radius 3 is 2.45 bits per heavy atom. The van der Waals surface area contributed by atoms with Crippen molar-refractivity contribution < 1.29 is 27.8 Å². The van der Waals surface area contributed by atoms with E-state index in [0.717, 1.165) is 65.9 Å². The van der Waals surface area contributed by atoms with Crippen molar-refractivity contribution in [3.8, 4) is 11.3 Å². The Morgan fingerprint density at radius 1 is 1.02 bits per heavy atom. The number of hydrogen-bond donors (Lipinski definition) is 3. The summed E-state index contributed by atoms with van der Waals surface area (Å²) in [5.41, 5.74) is 4.66. The van der Waals surface area contributed by atoms with Gasteiger partial charge in [0.05, 0.1) is 36.1 Å².